The monoisotopic (exact) mass is 469 g/mol. The van der Waals surface area contributed by atoms with Crippen LogP contribution in [0.4, 0.5) is 5.95 Å². The van der Waals surface area contributed by atoms with E-state index in [0.717, 1.165) is 22.4 Å². The Balaban J connectivity index is 1.88. The van der Waals surface area contributed by atoms with Crippen LogP contribution >= 0.6 is 23.2 Å². The van der Waals surface area contributed by atoms with Crippen molar-refractivity contribution in [3.8, 4) is 22.4 Å². The van der Waals surface area contributed by atoms with E-state index in [4.69, 9.17) is 38.0 Å². The first-order valence-corrected chi connectivity index (χ1v) is 11.2. The molecule has 1 fully saturated rings. The van der Waals surface area contributed by atoms with Gasteiger partial charge in [-0.05, 0) is 36.8 Å². The fourth-order valence-electron chi connectivity index (χ4n) is 3.94. The Morgan fingerprint density at radius 3 is 2.12 bits per heavy atom. The SMILES string of the molecule is CCn1nc2c(-c3ccc(Cl)cc3)c(-c3ccc(Cl)cc3)nc(N3CCOCC3)n2c1=O. The van der Waals surface area contributed by atoms with Gasteiger partial charge in [-0.3, -0.25) is 0 Å². The van der Waals surface area contributed by atoms with Crippen molar-refractivity contribution < 1.29 is 4.74 Å². The largest absolute Gasteiger partial charge is 0.378 e. The van der Waals surface area contributed by atoms with Crippen LogP contribution < -0.4 is 10.6 Å². The van der Waals surface area contributed by atoms with Gasteiger partial charge in [-0.2, -0.15) is 0 Å². The van der Waals surface area contributed by atoms with Gasteiger partial charge in [-0.25, -0.2) is 18.9 Å². The number of ether oxygens (including phenoxy) is 1. The Bertz CT molecular complexity index is 1320. The molecule has 0 aliphatic carbocycles. The van der Waals surface area contributed by atoms with E-state index < -0.39 is 0 Å². The zero-order chi connectivity index (χ0) is 22.2. The first-order chi connectivity index (χ1) is 15.6. The van der Waals surface area contributed by atoms with Gasteiger partial charge >= 0.3 is 5.69 Å². The highest BCUT2D eigenvalue weighted by atomic mass is 35.5. The number of rotatable bonds is 4. The molecule has 0 amide bonds. The first-order valence-electron chi connectivity index (χ1n) is 10.4. The first kappa shape index (κ1) is 21.0. The average molecular weight is 470 g/mol. The fraction of sp³-hybridized carbons (Fsp3) is 0.261. The van der Waals surface area contributed by atoms with Gasteiger partial charge in [0.15, 0.2) is 5.65 Å². The summed E-state index contributed by atoms with van der Waals surface area (Å²) in [6, 6.07) is 15.0. The van der Waals surface area contributed by atoms with Gasteiger partial charge in [0.1, 0.15) is 0 Å². The molecular formula is C23H21Cl2N5O2. The summed E-state index contributed by atoms with van der Waals surface area (Å²) in [5.74, 6) is 0.565. The minimum absolute atomic E-state index is 0.214. The topological polar surface area (TPSA) is 64.7 Å². The molecule has 0 radical (unpaired) electrons. The van der Waals surface area contributed by atoms with Gasteiger partial charge in [0, 0.05) is 35.2 Å². The lowest BCUT2D eigenvalue weighted by molar-refractivity contribution is 0.122. The lowest BCUT2D eigenvalue weighted by Gasteiger charge is -2.28. The Hall–Kier alpha value is -2.87. The summed E-state index contributed by atoms with van der Waals surface area (Å²) in [5, 5.41) is 5.97. The molecule has 0 unspecified atom stereocenters. The molecule has 32 heavy (non-hydrogen) atoms. The summed E-state index contributed by atoms with van der Waals surface area (Å²) >= 11 is 12.3. The summed E-state index contributed by atoms with van der Waals surface area (Å²) in [7, 11) is 0. The molecule has 2 aromatic carbocycles. The van der Waals surface area contributed by atoms with Gasteiger partial charge in [-0.1, -0.05) is 47.5 Å². The zero-order valence-corrected chi connectivity index (χ0v) is 19.0. The molecule has 1 saturated heterocycles. The van der Waals surface area contributed by atoms with E-state index in [1.165, 1.54) is 4.68 Å². The summed E-state index contributed by atoms with van der Waals surface area (Å²) in [4.78, 5) is 20.4. The van der Waals surface area contributed by atoms with E-state index in [1.807, 2.05) is 55.5 Å². The Labute approximate surface area is 194 Å². The van der Waals surface area contributed by atoms with Gasteiger partial charge in [0.2, 0.25) is 5.95 Å². The number of fused-ring (bicyclic) bond motifs is 1. The molecule has 0 bridgehead atoms. The van der Waals surface area contributed by atoms with E-state index >= 15 is 0 Å². The molecule has 4 aromatic rings. The van der Waals surface area contributed by atoms with Crippen molar-refractivity contribution >= 4 is 34.8 Å². The number of aryl methyl sites for hydroxylation is 1. The predicted octanol–water partition coefficient (Wildman–Crippen LogP) is 4.39. The van der Waals surface area contributed by atoms with E-state index in [1.54, 1.807) is 4.40 Å². The standard InChI is InChI=1S/C23H21Cl2N5O2/c1-2-29-23(31)30-21(27-29)19(15-3-7-17(24)8-4-15)20(16-5-9-18(25)10-6-16)26-22(30)28-11-13-32-14-12-28/h3-10H,2,11-14H2,1H3. The quantitative estimate of drug-likeness (QED) is 0.443. The van der Waals surface area contributed by atoms with Gasteiger partial charge in [0.05, 0.1) is 24.5 Å². The van der Waals surface area contributed by atoms with Crippen LogP contribution in [0.15, 0.2) is 53.3 Å². The molecule has 0 atom stereocenters. The van der Waals surface area contributed by atoms with Crippen LogP contribution in [0.3, 0.4) is 0 Å². The molecule has 1 aliphatic rings. The maximum Gasteiger partial charge on any atom is 0.353 e. The highest BCUT2D eigenvalue weighted by molar-refractivity contribution is 6.31. The van der Waals surface area contributed by atoms with Crippen LogP contribution in [0.5, 0.6) is 0 Å². The molecule has 3 heterocycles. The third-order valence-electron chi connectivity index (χ3n) is 5.56. The highest BCUT2D eigenvalue weighted by Crippen LogP contribution is 2.36. The number of hydrogen-bond donors (Lipinski definition) is 0. The third kappa shape index (κ3) is 3.66. The Morgan fingerprint density at radius 2 is 1.53 bits per heavy atom. The second kappa shape index (κ2) is 8.58. The summed E-state index contributed by atoms with van der Waals surface area (Å²) in [6.45, 7) is 4.81. The molecule has 164 valence electrons. The highest BCUT2D eigenvalue weighted by Gasteiger charge is 2.25. The molecule has 1 aliphatic heterocycles. The number of hydrogen-bond acceptors (Lipinski definition) is 5. The fourth-order valence-corrected chi connectivity index (χ4v) is 4.19. The van der Waals surface area contributed by atoms with E-state index in [9.17, 15) is 4.79 Å². The van der Waals surface area contributed by atoms with Gasteiger partial charge < -0.3 is 9.64 Å². The second-order valence-corrected chi connectivity index (χ2v) is 8.38. The zero-order valence-electron chi connectivity index (χ0n) is 17.5. The summed E-state index contributed by atoms with van der Waals surface area (Å²) in [6.07, 6.45) is 0. The summed E-state index contributed by atoms with van der Waals surface area (Å²) < 4.78 is 8.59. The van der Waals surface area contributed by atoms with Crippen LogP contribution in [0, 0.1) is 0 Å². The lowest BCUT2D eigenvalue weighted by Crippen LogP contribution is -2.39. The van der Waals surface area contributed by atoms with E-state index in [0.29, 0.717) is 54.5 Å². The van der Waals surface area contributed by atoms with Crippen molar-refractivity contribution in [3.05, 3.63) is 69.1 Å². The van der Waals surface area contributed by atoms with E-state index in [-0.39, 0.29) is 5.69 Å². The van der Waals surface area contributed by atoms with Crippen molar-refractivity contribution in [2.24, 2.45) is 0 Å². The van der Waals surface area contributed by atoms with Crippen molar-refractivity contribution in [3.63, 3.8) is 0 Å². The molecule has 9 heteroatoms. The van der Waals surface area contributed by atoms with Crippen LogP contribution in [0.25, 0.3) is 28.0 Å². The molecule has 0 spiro atoms. The number of morpholine rings is 1. The number of nitrogens with zero attached hydrogens (tertiary/aromatic N) is 5. The number of benzene rings is 2. The second-order valence-electron chi connectivity index (χ2n) is 7.51. The predicted molar refractivity (Wildman–Crippen MR) is 127 cm³/mol. The maximum absolute atomic E-state index is 13.3. The van der Waals surface area contributed by atoms with Crippen LogP contribution in [0.1, 0.15) is 6.92 Å². The minimum atomic E-state index is -0.214. The molecule has 7 nitrogen and oxygen atoms in total. The molecule has 5 rings (SSSR count). The number of halogens is 2. The van der Waals surface area contributed by atoms with Crippen LogP contribution in [-0.4, -0.2) is 45.5 Å². The van der Waals surface area contributed by atoms with Gasteiger partial charge in [0.25, 0.3) is 0 Å². The van der Waals surface area contributed by atoms with Crippen molar-refractivity contribution in [2.75, 3.05) is 31.2 Å². The van der Waals surface area contributed by atoms with Crippen molar-refractivity contribution in [2.45, 2.75) is 13.5 Å². The molecular weight excluding hydrogens is 449 g/mol. The lowest BCUT2D eigenvalue weighted by atomic mass is 10.00. The Morgan fingerprint density at radius 1 is 0.938 bits per heavy atom. The smallest absolute Gasteiger partial charge is 0.353 e. The summed E-state index contributed by atoms with van der Waals surface area (Å²) in [5.41, 5.74) is 3.60. The van der Waals surface area contributed by atoms with Crippen LogP contribution in [0.2, 0.25) is 10.0 Å². The average Bonchev–Trinajstić information content (AvgIpc) is 3.16. The minimum Gasteiger partial charge on any atom is -0.378 e. The maximum atomic E-state index is 13.3. The molecule has 0 N–H and O–H groups in total. The van der Waals surface area contributed by atoms with E-state index in [2.05, 4.69) is 4.90 Å². The van der Waals surface area contributed by atoms with Crippen LogP contribution in [-0.2, 0) is 11.3 Å². The van der Waals surface area contributed by atoms with Crippen molar-refractivity contribution in [1.29, 1.82) is 0 Å². The molecule has 0 saturated carbocycles. The number of anilines is 1. The van der Waals surface area contributed by atoms with Crippen molar-refractivity contribution in [1.82, 2.24) is 19.2 Å². The number of aromatic nitrogens is 4. The van der Waals surface area contributed by atoms with Gasteiger partial charge in [-0.15, -0.1) is 5.10 Å². The Kier molecular flexibility index (Phi) is 5.63. The third-order valence-corrected chi connectivity index (χ3v) is 6.06. The normalized spacial score (nSPS) is 14.3. The molecule has 2 aromatic heterocycles.